The number of hydrogen-bond donors (Lipinski definition) is 0. The molecule has 0 atom stereocenters. The molecule has 1 aromatic rings. The molecule has 104 valence electrons. The third kappa shape index (κ3) is 4.46. The SMILES string of the molecule is CC(C)(C)[Si](C)(C)C(=O)/C=C/CCc1ccccc1. The van der Waals surface area contributed by atoms with E-state index in [2.05, 4.69) is 58.1 Å². The number of carbonyl (C=O) groups is 1. The molecule has 0 heterocycles. The van der Waals surface area contributed by atoms with Gasteiger partial charge in [-0.25, -0.2) is 0 Å². The molecule has 0 aliphatic carbocycles. The van der Waals surface area contributed by atoms with Crippen molar-refractivity contribution >= 4 is 13.5 Å². The third-order valence-corrected chi connectivity index (χ3v) is 9.35. The average Bonchev–Trinajstić information content (AvgIpc) is 2.34. The van der Waals surface area contributed by atoms with Crippen LogP contribution in [0.2, 0.25) is 18.1 Å². The predicted molar refractivity (Wildman–Crippen MR) is 86.1 cm³/mol. The van der Waals surface area contributed by atoms with Crippen LogP contribution >= 0.6 is 0 Å². The minimum atomic E-state index is -1.86. The number of carbonyl (C=O) groups excluding carboxylic acids is 1. The second kappa shape index (κ2) is 6.33. The van der Waals surface area contributed by atoms with Crippen LogP contribution < -0.4 is 0 Å². The zero-order chi connectivity index (χ0) is 14.5. The van der Waals surface area contributed by atoms with E-state index in [1.54, 1.807) is 0 Å². The standard InChI is InChI=1S/C17H26OSi/c1-17(2,3)19(4,5)16(18)14-10-9-13-15-11-7-6-8-12-15/h6-8,10-12,14H,9,13H2,1-5H3/b14-10+. The lowest BCUT2D eigenvalue weighted by Crippen LogP contribution is -2.45. The molecule has 19 heavy (non-hydrogen) atoms. The largest absolute Gasteiger partial charge is 0.301 e. The summed E-state index contributed by atoms with van der Waals surface area (Å²) in [7, 11) is -1.86. The Kier molecular flexibility index (Phi) is 5.30. The van der Waals surface area contributed by atoms with Gasteiger partial charge in [0.1, 0.15) is 13.5 Å². The van der Waals surface area contributed by atoms with E-state index >= 15 is 0 Å². The molecule has 0 amide bonds. The Morgan fingerprint density at radius 3 is 2.26 bits per heavy atom. The van der Waals surface area contributed by atoms with Gasteiger partial charge in [-0.15, -0.1) is 0 Å². The second-order valence-corrected chi connectivity index (χ2v) is 11.9. The molecule has 1 aromatic carbocycles. The number of rotatable bonds is 5. The van der Waals surface area contributed by atoms with Crippen LogP contribution in [0.15, 0.2) is 42.5 Å². The first-order chi connectivity index (χ1) is 8.75. The molecule has 0 N–H and O–H groups in total. The highest BCUT2D eigenvalue weighted by molar-refractivity contribution is 7.07. The van der Waals surface area contributed by atoms with Gasteiger partial charge in [0.05, 0.1) is 0 Å². The quantitative estimate of drug-likeness (QED) is 0.557. The first-order valence-electron chi connectivity index (χ1n) is 7.00. The van der Waals surface area contributed by atoms with Crippen molar-refractivity contribution in [1.29, 1.82) is 0 Å². The summed E-state index contributed by atoms with van der Waals surface area (Å²) in [4.78, 5) is 12.3. The second-order valence-electron chi connectivity index (χ2n) is 6.67. The van der Waals surface area contributed by atoms with Crippen LogP contribution in [0, 0.1) is 0 Å². The Balaban J connectivity index is 2.52. The third-order valence-electron chi connectivity index (χ3n) is 4.20. The smallest absolute Gasteiger partial charge is 0.137 e. The van der Waals surface area contributed by atoms with Gasteiger partial charge in [-0.3, -0.25) is 0 Å². The lowest BCUT2D eigenvalue weighted by atomic mass is 10.1. The Labute approximate surface area is 118 Å². The minimum Gasteiger partial charge on any atom is -0.301 e. The van der Waals surface area contributed by atoms with Gasteiger partial charge in [0.25, 0.3) is 0 Å². The fourth-order valence-corrected chi connectivity index (χ4v) is 2.94. The van der Waals surface area contributed by atoms with Crippen molar-refractivity contribution in [3.05, 3.63) is 48.0 Å². The Hall–Kier alpha value is -1.15. The van der Waals surface area contributed by atoms with E-state index in [-0.39, 0.29) is 5.04 Å². The summed E-state index contributed by atoms with van der Waals surface area (Å²) in [5.41, 5.74) is 1.33. The topological polar surface area (TPSA) is 17.1 Å². The van der Waals surface area contributed by atoms with Crippen molar-refractivity contribution in [2.45, 2.75) is 51.7 Å². The van der Waals surface area contributed by atoms with Crippen molar-refractivity contribution < 1.29 is 4.79 Å². The van der Waals surface area contributed by atoms with E-state index in [9.17, 15) is 4.79 Å². The van der Waals surface area contributed by atoms with E-state index < -0.39 is 8.07 Å². The molecule has 0 fully saturated rings. The maximum atomic E-state index is 12.3. The first-order valence-corrected chi connectivity index (χ1v) is 10.00. The fourth-order valence-electron chi connectivity index (χ4n) is 1.66. The van der Waals surface area contributed by atoms with E-state index in [0.29, 0.717) is 5.41 Å². The maximum absolute atomic E-state index is 12.3. The summed E-state index contributed by atoms with van der Waals surface area (Å²) in [5, 5.41) is 0.474. The highest BCUT2D eigenvalue weighted by atomic mass is 28.3. The summed E-state index contributed by atoms with van der Waals surface area (Å²) in [5.74, 6) is 0. The van der Waals surface area contributed by atoms with E-state index in [4.69, 9.17) is 0 Å². The lowest BCUT2D eigenvalue weighted by Gasteiger charge is -2.34. The van der Waals surface area contributed by atoms with Gasteiger partial charge >= 0.3 is 0 Å². The highest BCUT2D eigenvalue weighted by Crippen LogP contribution is 2.36. The Bertz CT molecular complexity index is 438. The lowest BCUT2D eigenvalue weighted by molar-refractivity contribution is -0.108. The van der Waals surface area contributed by atoms with Gasteiger partial charge in [0, 0.05) is 0 Å². The van der Waals surface area contributed by atoms with E-state index in [1.165, 1.54) is 5.56 Å². The number of aryl methyl sites for hydroxylation is 1. The molecular weight excluding hydrogens is 248 g/mol. The van der Waals surface area contributed by atoms with E-state index in [1.807, 2.05) is 18.2 Å². The molecule has 0 spiro atoms. The molecule has 0 aliphatic heterocycles. The highest BCUT2D eigenvalue weighted by Gasteiger charge is 2.40. The molecule has 0 aliphatic rings. The monoisotopic (exact) mass is 274 g/mol. The molecule has 1 rings (SSSR count). The van der Waals surface area contributed by atoms with Crippen LogP contribution in [0.4, 0.5) is 0 Å². The zero-order valence-corrected chi connectivity index (χ0v) is 13.9. The minimum absolute atomic E-state index is 0.119. The predicted octanol–water partition coefficient (Wildman–Crippen LogP) is 4.79. The molecule has 1 nitrogen and oxygen atoms in total. The number of benzene rings is 1. The summed E-state index contributed by atoms with van der Waals surface area (Å²) in [6.07, 6.45) is 5.79. The van der Waals surface area contributed by atoms with Crippen molar-refractivity contribution in [2.24, 2.45) is 0 Å². The van der Waals surface area contributed by atoms with Gasteiger partial charge in [-0.05, 0) is 29.5 Å². The average molecular weight is 274 g/mol. The van der Waals surface area contributed by atoms with Gasteiger partial charge < -0.3 is 4.79 Å². The summed E-state index contributed by atoms with van der Waals surface area (Å²) in [6.45, 7) is 10.9. The van der Waals surface area contributed by atoms with Crippen molar-refractivity contribution in [3.8, 4) is 0 Å². The number of hydrogen-bond acceptors (Lipinski definition) is 1. The van der Waals surface area contributed by atoms with Gasteiger partial charge in [0.2, 0.25) is 0 Å². The molecule has 0 radical (unpaired) electrons. The van der Waals surface area contributed by atoms with Crippen LogP contribution in [-0.4, -0.2) is 13.5 Å². The molecule has 0 aromatic heterocycles. The Morgan fingerprint density at radius 2 is 1.74 bits per heavy atom. The Morgan fingerprint density at radius 1 is 1.16 bits per heavy atom. The molecule has 0 saturated carbocycles. The van der Waals surface area contributed by atoms with Crippen LogP contribution in [-0.2, 0) is 11.2 Å². The van der Waals surface area contributed by atoms with Crippen LogP contribution in [0.5, 0.6) is 0 Å². The van der Waals surface area contributed by atoms with Crippen LogP contribution in [0.3, 0.4) is 0 Å². The zero-order valence-electron chi connectivity index (χ0n) is 12.9. The number of allylic oxidation sites excluding steroid dienone is 2. The molecule has 0 saturated heterocycles. The van der Waals surface area contributed by atoms with Gasteiger partial charge in [-0.2, -0.15) is 0 Å². The van der Waals surface area contributed by atoms with E-state index in [0.717, 1.165) is 12.8 Å². The maximum Gasteiger partial charge on any atom is 0.137 e. The van der Waals surface area contributed by atoms with Gasteiger partial charge in [-0.1, -0.05) is 70.3 Å². The molecule has 2 heteroatoms. The first kappa shape index (κ1) is 15.9. The summed E-state index contributed by atoms with van der Waals surface area (Å²) in [6, 6.07) is 10.4. The van der Waals surface area contributed by atoms with Crippen molar-refractivity contribution in [2.75, 3.05) is 0 Å². The van der Waals surface area contributed by atoms with Gasteiger partial charge in [0.15, 0.2) is 0 Å². The fraction of sp³-hybridized carbons (Fsp3) is 0.471. The molecular formula is C17H26OSi. The summed E-state index contributed by atoms with van der Waals surface area (Å²) >= 11 is 0. The summed E-state index contributed by atoms with van der Waals surface area (Å²) < 4.78 is 0. The van der Waals surface area contributed by atoms with Crippen molar-refractivity contribution in [1.82, 2.24) is 0 Å². The molecule has 0 unspecified atom stereocenters. The van der Waals surface area contributed by atoms with Crippen LogP contribution in [0.1, 0.15) is 32.8 Å². The van der Waals surface area contributed by atoms with Crippen molar-refractivity contribution in [3.63, 3.8) is 0 Å². The van der Waals surface area contributed by atoms with Crippen LogP contribution in [0.25, 0.3) is 0 Å². The normalized spacial score (nSPS) is 12.9. The molecule has 0 bridgehead atoms.